The van der Waals surface area contributed by atoms with Crippen molar-refractivity contribution in [3.8, 4) is 0 Å². The van der Waals surface area contributed by atoms with E-state index in [1.165, 1.54) is 6.33 Å². The van der Waals surface area contributed by atoms with Crippen molar-refractivity contribution in [3.05, 3.63) is 59.4 Å². The van der Waals surface area contributed by atoms with E-state index in [2.05, 4.69) is 15.3 Å². The number of rotatable bonds is 3. The van der Waals surface area contributed by atoms with Gasteiger partial charge in [-0.05, 0) is 55.8 Å². The lowest BCUT2D eigenvalue weighted by atomic mass is 10.1. The quantitative estimate of drug-likeness (QED) is 0.651. The lowest BCUT2D eigenvalue weighted by Crippen LogP contribution is -2.62. The monoisotopic (exact) mass is 438 g/mol. The summed E-state index contributed by atoms with van der Waals surface area (Å²) >= 11 is 5.90. The zero-order valence-electron chi connectivity index (χ0n) is 17.2. The summed E-state index contributed by atoms with van der Waals surface area (Å²) in [5.74, 6) is 0.321. The van der Waals surface area contributed by atoms with E-state index >= 15 is 0 Å². The van der Waals surface area contributed by atoms with Gasteiger partial charge in [0.1, 0.15) is 18.2 Å². The molecule has 1 aromatic heterocycles. The Kier molecular flexibility index (Phi) is 5.65. The predicted octanol–water partition coefficient (Wildman–Crippen LogP) is 3.52. The van der Waals surface area contributed by atoms with E-state index in [4.69, 9.17) is 17.3 Å². The van der Waals surface area contributed by atoms with E-state index in [-0.39, 0.29) is 18.0 Å². The molecule has 3 aromatic rings. The molecule has 2 unspecified atom stereocenters. The number of piperazine rings is 1. The Hall–Kier alpha value is -3.39. The van der Waals surface area contributed by atoms with Gasteiger partial charge in [-0.1, -0.05) is 17.7 Å². The number of urea groups is 1. The van der Waals surface area contributed by atoms with Crippen LogP contribution in [0.2, 0.25) is 5.02 Å². The highest BCUT2D eigenvalue weighted by Gasteiger charge is 2.38. The van der Waals surface area contributed by atoms with Crippen molar-refractivity contribution in [1.29, 1.82) is 0 Å². The lowest BCUT2D eigenvalue weighted by Gasteiger charge is -2.43. The Balaban J connectivity index is 1.47. The average molecular weight is 439 g/mol. The van der Waals surface area contributed by atoms with E-state index in [1.807, 2.05) is 25.1 Å². The van der Waals surface area contributed by atoms with Gasteiger partial charge in [0.25, 0.3) is 0 Å². The number of amides is 3. The van der Waals surface area contributed by atoms with E-state index in [9.17, 15) is 9.59 Å². The second kappa shape index (κ2) is 8.39. The van der Waals surface area contributed by atoms with Gasteiger partial charge in [0.15, 0.2) is 0 Å². The molecule has 2 atom stereocenters. The van der Waals surface area contributed by atoms with Gasteiger partial charge in [0, 0.05) is 35.2 Å². The number of benzene rings is 2. The van der Waals surface area contributed by atoms with Crippen molar-refractivity contribution >= 4 is 45.9 Å². The third kappa shape index (κ3) is 4.25. The van der Waals surface area contributed by atoms with Crippen molar-refractivity contribution in [1.82, 2.24) is 19.8 Å². The molecule has 0 bridgehead atoms. The molecule has 0 aliphatic carbocycles. The van der Waals surface area contributed by atoms with Crippen LogP contribution >= 0.6 is 11.6 Å². The van der Waals surface area contributed by atoms with E-state index in [0.29, 0.717) is 29.6 Å². The number of hydrogen-bond donors (Lipinski definition) is 2. The SMILES string of the molecule is CC1CN(Cc2ccc3c(N)ncnc3c2)C(=O)C(C)N1C(=O)Nc1ccc(Cl)cc1. The van der Waals surface area contributed by atoms with Crippen molar-refractivity contribution in [2.45, 2.75) is 32.5 Å². The summed E-state index contributed by atoms with van der Waals surface area (Å²) in [6.07, 6.45) is 1.43. The van der Waals surface area contributed by atoms with Crippen LogP contribution in [0.3, 0.4) is 0 Å². The van der Waals surface area contributed by atoms with Gasteiger partial charge in [0.2, 0.25) is 5.91 Å². The second-order valence-electron chi connectivity index (χ2n) is 7.70. The summed E-state index contributed by atoms with van der Waals surface area (Å²) in [7, 11) is 0. The maximum atomic E-state index is 13.0. The molecular formula is C22H23ClN6O2. The van der Waals surface area contributed by atoms with Gasteiger partial charge in [-0.3, -0.25) is 4.79 Å². The Labute approximate surface area is 185 Å². The maximum absolute atomic E-state index is 13.0. The first kappa shape index (κ1) is 20.9. The number of carbonyl (C=O) groups excluding carboxylic acids is 2. The predicted molar refractivity (Wildman–Crippen MR) is 121 cm³/mol. The minimum atomic E-state index is -0.588. The molecule has 31 heavy (non-hydrogen) atoms. The number of nitrogens with one attached hydrogen (secondary N) is 1. The first-order valence-corrected chi connectivity index (χ1v) is 10.3. The number of nitrogen functional groups attached to an aromatic ring is 1. The highest BCUT2D eigenvalue weighted by Crippen LogP contribution is 2.23. The fourth-order valence-electron chi connectivity index (χ4n) is 3.94. The van der Waals surface area contributed by atoms with Crippen molar-refractivity contribution in [2.24, 2.45) is 0 Å². The van der Waals surface area contributed by atoms with Gasteiger partial charge in [-0.15, -0.1) is 0 Å². The zero-order chi connectivity index (χ0) is 22.1. The lowest BCUT2D eigenvalue weighted by molar-refractivity contribution is -0.142. The number of aromatic nitrogens is 2. The number of anilines is 2. The summed E-state index contributed by atoms with van der Waals surface area (Å²) in [4.78, 5) is 37.5. The number of nitrogens with two attached hydrogens (primary N) is 1. The third-order valence-electron chi connectivity index (χ3n) is 5.48. The average Bonchev–Trinajstić information content (AvgIpc) is 2.73. The smallest absolute Gasteiger partial charge is 0.322 e. The van der Waals surface area contributed by atoms with Crippen LogP contribution in [0, 0.1) is 0 Å². The molecule has 1 aliphatic rings. The van der Waals surface area contributed by atoms with Crippen LogP contribution in [-0.4, -0.2) is 50.3 Å². The maximum Gasteiger partial charge on any atom is 0.322 e. The van der Waals surface area contributed by atoms with E-state index in [0.717, 1.165) is 16.5 Å². The molecule has 4 rings (SSSR count). The van der Waals surface area contributed by atoms with Gasteiger partial charge in [-0.2, -0.15) is 0 Å². The molecule has 3 amide bonds. The number of halogens is 1. The highest BCUT2D eigenvalue weighted by molar-refractivity contribution is 6.30. The standard InChI is InChI=1S/C22H23ClN6O2/c1-13-10-28(11-15-3-8-18-19(9-15)25-12-26-20(18)24)21(30)14(2)29(13)22(31)27-17-6-4-16(23)5-7-17/h3-9,12-14H,10-11H2,1-2H3,(H,27,31)(H2,24,25,26). The van der Waals surface area contributed by atoms with Crippen LogP contribution in [-0.2, 0) is 11.3 Å². The first-order valence-electron chi connectivity index (χ1n) is 9.96. The first-order chi connectivity index (χ1) is 14.8. The number of fused-ring (bicyclic) bond motifs is 1. The van der Waals surface area contributed by atoms with Gasteiger partial charge < -0.3 is 20.9 Å². The molecule has 2 heterocycles. The van der Waals surface area contributed by atoms with Gasteiger partial charge in [-0.25, -0.2) is 14.8 Å². The Morgan fingerprint density at radius 2 is 1.94 bits per heavy atom. The van der Waals surface area contributed by atoms with Gasteiger partial charge >= 0.3 is 6.03 Å². The molecule has 1 aliphatic heterocycles. The second-order valence-corrected chi connectivity index (χ2v) is 8.13. The molecule has 3 N–H and O–H groups in total. The van der Waals surface area contributed by atoms with Crippen LogP contribution in [0.15, 0.2) is 48.8 Å². The minimum absolute atomic E-state index is 0.105. The molecule has 1 saturated heterocycles. The zero-order valence-corrected chi connectivity index (χ0v) is 18.0. The number of nitrogens with zero attached hydrogens (tertiary/aromatic N) is 4. The minimum Gasteiger partial charge on any atom is -0.383 e. The largest absolute Gasteiger partial charge is 0.383 e. The molecule has 1 fully saturated rings. The molecule has 9 heteroatoms. The molecule has 0 spiro atoms. The highest BCUT2D eigenvalue weighted by atomic mass is 35.5. The summed E-state index contributed by atoms with van der Waals surface area (Å²) in [6, 6.07) is 11.5. The number of hydrogen-bond acceptors (Lipinski definition) is 5. The van der Waals surface area contributed by atoms with Crippen LogP contribution in [0.4, 0.5) is 16.3 Å². The van der Waals surface area contributed by atoms with Crippen molar-refractivity contribution < 1.29 is 9.59 Å². The summed E-state index contributed by atoms with van der Waals surface area (Å²) in [5.41, 5.74) is 8.19. The Morgan fingerprint density at radius 1 is 1.19 bits per heavy atom. The van der Waals surface area contributed by atoms with Gasteiger partial charge in [0.05, 0.1) is 5.52 Å². The fourth-order valence-corrected chi connectivity index (χ4v) is 4.07. The normalized spacial score (nSPS) is 19.0. The third-order valence-corrected chi connectivity index (χ3v) is 5.73. The summed E-state index contributed by atoms with van der Waals surface area (Å²) < 4.78 is 0. The molecule has 160 valence electrons. The Bertz CT molecular complexity index is 1140. The van der Waals surface area contributed by atoms with E-state index < -0.39 is 6.04 Å². The van der Waals surface area contributed by atoms with Crippen LogP contribution in [0.25, 0.3) is 10.9 Å². The topological polar surface area (TPSA) is 104 Å². The Morgan fingerprint density at radius 3 is 2.68 bits per heavy atom. The fraction of sp³-hybridized carbons (Fsp3) is 0.273. The molecule has 2 aromatic carbocycles. The summed E-state index contributed by atoms with van der Waals surface area (Å²) in [6.45, 7) is 4.55. The molecule has 0 saturated carbocycles. The van der Waals surface area contributed by atoms with Crippen LogP contribution < -0.4 is 11.1 Å². The summed E-state index contributed by atoms with van der Waals surface area (Å²) in [5, 5.41) is 4.21. The van der Waals surface area contributed by atoms with Crippen molar-refractivity contribution in [3.63, 3.8) is 0 Å². The molecular weight excluding hydrogens is 416 g/mol. The van der Waals surface area contributed by atoms with Crippen LogP contribution in [0.5, 0.6) is 0 Å². The van der Waals surface area contributed by atoms with Crippen LogP contribution in [0.1, 0.15) is 19.4 Å². The number of carbonyl (C=O) groups is 2. The molecule has 0 radical (unpaired) electrons. The van der Waals surface area contributed by atoms with E-state index in [1.54, 1.807) is 41.0 Å². The van der Waals surface area contributed by atoms with Crippen molar-refractivity contribution in [2.75, 3.05) is 17.6 Å². The molecule has 8 nitrogen and oxygen atoms in total.